The molecule has 1 aromatic carbocycles. The number of aliphatic hydroxyl groups is 1. The molecule has 0 saturated carbocycles. The van der Waals surface area contributed by atoms with Crippen LogP contribution < -0.4 is 9.47 Å². The van der Waals surface area contributed by atoms with E-state index in [2.05, 4.69) is 11.0 Å². The van der Waals surface area contributed by atoms with E-state index in [-0.39, 0.29) is 6.04 Å². The van der Waals surface area contributed by atoms with E-state index < -0.39 is 6.10 Å². The maximum Gasteiger partial charge on any atom is 0.127 e. The van der Waals surface area contributed by atoms with Crippen LogP contribution in [0.15, 0.2) is 35.7 Å². The number of benzene rings is 1. The summed E-state index contributed by atoms with van der Waals surface area (Å²) >= 11 is 1.61. The van der Waals surface area contributed by atoms with Gasteiger partial charge in [-0.3, -0.25) is 4.90 Å². The van der Waals surface area contributed by atoms with Gasteiger partial charge in [-0.05, 0) is 36.9 Å². The molecule has 1 aliphatic heterocycles. The van der Waals surface area contributed by atoms with Crippen LogP contribution >= 0.6 is 11.3 Å². The molecule has 0 spiro atoms. The van der Waals surface area contributed by atoms with Crippen LogP contribution in [0.3, 0.4) is 0 Å². The van der Waals surface area contributed by atoms with Crippen molar-refractivity contribution in [3.63, 3.8) is 0 Å². The average Bonchev–Trinajstić information content (AvgIpc) is 3.26. The van der Waals surface area contributed by atoms with Gasteiger partial charge in [-0.25, -0.2) is 0 Å². The number of rotatable bonds is 6. The fourth-order valence-electron chi connectivity index (χ4n) is 3.28. The van der Waals surface area contributed by atoms with Crippen molar-refractivity contribution in [2.45, 2.75) is 25.0 Å². The van der Waals surface area contributed by atoms with Crippen molar-refractivity contribution in [2.24, 2.45) is 0 Å². The molecular weight excluding hydrogens is 310 g/mol. The minimum absolute atomic E-state index is 0.283. The van der Waals surface area contributed by atoms with E-state index >= 15 is 0 Å². The molecule has 4 nitrogen and oxygen atoms in total. The number of hydrogen-bond donors (Lipinski definition) is 1. The van der Waals surface area contributed by atoms with Gasteiger partial charge >= 0.3 is 0 Å². The average molecular weight is 333 g/mol. The van der Waals surface area contributed by atoms with Crippen molar-refractivity contribution in [3.8, 4) is 11.5 Å². The molecule has 1 fully saturated rings. The smallest absolute Gasteiger partial charge is 0.127 e. The highest BCUT2D eigenvalue weighted by Gasteiger charge is 2.30. The lowest BCUT2D eigenvalue weighted by Crippen LogP contribution is -2.28. The third-order valence-corrected chi connectivity index (χ3v) is 5.42. The van der Waals surface area contributed by atoms with E-state index in [9.17, 15) is 5.11 Å². The van der Waals surface area contributed by atoms with Gasteiger partial charge in [0.2, 0.25) is 0 Å². The van der Waals surface area contributed by atoms with Crippen LogP contribution in [0.5, 0.6) is 11.5 Å². The number of hydrogen-bond acceptors (Lipinski definition) is 5. The first-order valence-corrected chi connectivity index (χ1v) is 8.78. The standard InChI is InChI=1S/C18H23NO3S/c1-21-13-7-8-14(17(11-13)22-2)15-5-3-9-19(15)12-16(20)18-6-4-10-23-18/h4,6-8,10-11,15-16,20H,3,5,9,12H2,1-2H3/t15-,16-/m0/s1. The van der Waals surface area contributed by atoms with Crippen LogP contribution in [0.2, 0.25) is 0 Å². The van der Waals surface area contributed by atoms with Gasteiger partial charge in [0.05, 0.1) is 14.2 Å². The normalized spacial score (nSPS) is 19.7. The number of likely N-dealkylation sites (tertiary alicyclic amines) is 1. The molecule has 0 bridgehead atoms. The van der Waals surface area contributed by atoms with E-state index in [1.807, 2.05) is 29.6 Å². The Hall–Kier alpha value is -1.56. The monoisotopic (exact) mass is 333 g/mol. The number of β-amino-alcohol motifs (C(OH)–C–C–N with tert-alkyl or cyclic N) is 1. The Kier molecular flexibility index (Phi) is 5.20. The highest BCUT2D eigenvalue weighted by molar-refractivity contribution is 7.10. The van der Waals surface area contributed by atoms with Crippen molar-refractivity contribution < 1.29 is 14.6 Å². The Bertz CT molecular complexity index is 629. The van der Waals surface area contributed by atoms with Crippen molar-refractivity contribution >= 4 is 11.3 Å². The fraction of sp³-hybridized carbons (Fsp3) is 0.444. The van der Waals surface area contributed by atoms with Crippen LogP contribution in [-0.2, 0) is 0 Å². The maximum absolute atomic E-state index is 10.5. The summed E-state index contributed by atoms with van der Waals surface area (Å²) in [5.41, 5.74) is 1.17. The van der Waals surface area contributed by atoms with E-state index in [1.54, 1.807) is 25.6 Å². The summed E-state index contributed by atoms with van der Waals surface area (Å²) in [5, 5.41) is 12.5. The number of nitrogens with zero attached hydrogens (tertiary/aromatic N) is 1. The summed E-state index contributed by atoms with van der Waals surface area (Å²) in [6, 6.07) is 10.3. The van der Waals surface area contributed by atoms with Crippen LogP contribution in [0.4, 0.5) is 0 Å². The number of methoxy groups -OCH3 is 2. The van der Waals surface area contributed by atoms with Crippen molar-refractivity contribution in [1.29, 1.82) is 0 Å². The molecule has 23 heavy (non-hydrogen) atoms. The molecular formula is C18H23NO3S. The lowest BCUT2D eigenvalue weighted by Gasteiger charge is -2.28. The summed E-state index contributed by atoms with van der Waals surface area (Å²) < 4.78 is 10.8. The van der Waals surface area contributed by atoms with Gasteiger partial charge in [-0.1, -0.05) is 12.1 Å². The third-order valence-electron chi connectivity index (χ3n) is 4.44. The second-order valence-corrected chi connectivity index (χ2v) is 6.77. The summed E-state index contributed by atoms with van der Waals surface area (Å²) in [5.74, 6) is 1.65. The van der Waals surface area contributed by atoms with Gasteiger partial charge in [-0.15, -0.1) is 11.3 Å². The van der Waals surface area contributed by atoms with Crippen molar-refractivity contribution in [1.82, 2.24) is 4.90 Å². The summed E-state index contributed by atoms with van der Waals surface area (Å²) in [6.07, 6.45) is 1.79. The van der Waals surface area contributed by atoms with E-state index in [0.717, 1.165) is 35.8 Å². The Morgan fingerprint density at radius 1 is 1.30 bits per heavy atom. The third kappa shape index (κ3) is 3.52. The van der Waals surface area contributed by atoms with E-state index in [1.165, 1.54) is 5.56 Å². The Labute approximate surface area is 141 Å². The first kappa shape index (κ1) is 16.3. The molecule has 2 aromatic rings. The molecule has 0 unspecified atom stereocenters. The summed E-state index contributed by atoms with van der Waals surface area (Å²) in [7, 11) is 3.35. The summed E-state index contributed by atoms with van der Waals surface area (Å²) in [6.45, 7) is 1.66. The first-order valence-electron chi connectivity index (χ1n) is 7.90. The molecule has 0 amide bonds. The van der Waals surface area contributed by atoms with Gasteiger partial charge in [0.15, 0.2) is 0 Å². The number of ether oxygens (including phenoxy) is 2. The molecule has 3 rings (SSSR count). The lowest BCUT2D eigenvalue weighted by molar-refractivity contribution is 0.108. The van der Waals surface area contributed by atoms with Gasteiger partial charge < -0.3 is 14.6 Å². The molecule has 2 heterocycles. The van der Waals surface area contributed by atoms with Crippen LogP contribution in [0.25, 0.3) is 0 Å². The molecule has 1 N–H and O–H groups in total. The molecule has 1 saturated heterocycles. The molecule has 0 radical (unpaired) electrons. The lowest BCUT2D eigenvalue weighted by atomic mass is 10.0. The molecule has 2 atom stereocenters. The zero-order valence-corrected chi connectivity index (χ0v) is 14.4. The van der Waals surface area contributed by atoms with Gasteiger partial charge in [0.1, 0.15) is 17.6 Å². The van der Waals surface area contributed by atoms with Gasteiger partial charge in [-0.2, -0.15) is 0 Å². The van der Waals surface area contributed by atoms with Gasteiger partial charge in [0, 0.05) is 29.1 Å². The predicted molar refractivity (Wildman–Crippen MR) is 92.4 cm³/mol. The maximum atomic E-state index is 10.5. The quantitative estimate of drug-likeness (QED) is 0.876. The SMILES string of the molecule is COc1ccc([C@@H]2CCCN2C[C@H](O)c2cccs2)c(OC)c1. The molecule has 0 aliphatic carbocycles. The number of thiophene rings is 1. The predicted octanol–water partition coefficient (Wildman–Crippen LogP) is 3.64. The highest BCUT2D eigenvalue weighted by Crippen LogP contribution is 2.39. The van der Waals surface area contributed by atoms with Gasteiger partial charge in [0.25, 0.3) is 0 Å². The fourth-order valence-corrected chi connectivity index (χ4v) is 3.99. The first-order chi connectivity index (χ1) is 11.2. The highest BCUT2D eigenvalue weighted by atomic mass is 32.1. The molecule has 5 heteroatoms. The Morgan fingerprint density at radius 2 is 2.17 bits per heavy atom. The minimum atomic E-state index is -0.431. The second kappa shape index (κ2) is 7.34. The van der Waals surface area contributed by atoms with Crippen molar-refractivity contribution in [2.75, 3.05) is 27.3 Å². The molecule has 1 aromatic heterocycles. The minimum Gasteiger partial charge on any atom is -0.497 e. The Morgan fingerprint density at radius 3 is 2.87 bits per heavy atom. The van der Waals surface area contributed by atoms with Crippen LogP contribution in [0, 0.1) is 0 Å². The summed E-state index contributed by atoms with van der Waals surface area (Å²) in [4.78, 5) is 3.38. The zero-order valence-electron chi connectivity index (χ0n) is 13.6. The largest absolute Gasteiger partial charge is 0.497 e. The van der Waals surface area contributed by atoms with Crippen molar-refractivity contribution in [3.05, 3.63) is 46.2 Å². The zero-order chi connectivity index (χ0) is 16.2. The second-order valence-electron chi connectivity index (χ2n) is 5.79. The van der Waals surface area contributed by atoms with E-state index in [0.29, 0.717) is 6.54 Å². The van der Waals surface area contributed by atoms with E-state index in [4.69, 9.17) is 9.47 Å². The van der Waals surface area contributed by atoms with Crippen LogP contribution in [0.1, 0.15) is 35.4 Å². The molecule has 124 valence electrons. The number of aliphatic hydroxyl groups excluding tert-OH is 1. The van der Waals surface area contributed by atoms with Crippen LogP contribution in [-0.4, -0.2) is 37.3 Å². The molecule has 1 aliphatic rings. The Balaban J connectivity index is 1.78. The topological polar surface area (TPSA) is 41.9 Å².